The Morgan fingerprint density at radius 1 is 0.364 bits per heavy atom. The van der Waals surface area contributed by atoms with Crippen LogP contribution >= 0.6 is 0 Å². The number of nitrogens with zero attached hydrogens (tertiary/aromatic N) is 1. The Bertz CT molecular complexity index is 2500. The van der Waals surface area contributed by atoms with Crippen molar-refractivity contribution in [2.45, 2.75) is 0 Å². The van der Waals surface area contributed by atoms with Gasteiger partial charge in [0.1, 0.15) is 11.2 Å². The standard InChI is InChI=1S/C42H27NO/c1-2-10-32-26-35(24-20-28(32)8-1)43(39-14-7-11-31-17-16-30-9-3-4-12-36(30)42(31)39)34-22-18-29(19-23-34)33-21-25-41-38(27-33)37-13-5-6-15-40(37)44-41/h1-27H. The van der Waals surface area contributed by atoms with Gasteiger partial charge >= 0.3 is 0 Å². The van der Waals surface area contributed by atoms with Gasteiger partial charge in [-0.2, -0.15) is 0 Å². The van der Waals surface area contributed by atoms with Crippen molar-refractivity contribution in [1.82, 2.24) is 0 Å². The molecular weight excluding hydrogens is 534 g/mol. The number of hydrogen-bond donors (Lipinski definition) is 0. The molecule has 0 spiro atoms. The lowest BCUT2D eigenvalue weighted by Crippen LogP contribution is -2.10. The topological polar surface area (TPSA) is 16.4 Å². The van der Waals surface area contributed by atoms with Crippen LogP contribution in [0.15, 0.2) is 168 Å². The summed E-state index contributed by atoms with van der Waals surface area (Å²) >= 11 is 0. The summed E-state index contributed by atoms with van der Waals surface area (Å²) in [4.78, 5) is 2.40. The molecule has 0 unspecified atom stereocenters. The van der Waals surface area contributed by atoms with Crippen molar-refractivity contribution < 1.29 is 4.42 Å². The van der Waals surface area contributed by atoms with E-state index in [2.05, 4.69) is 157 Å². The maximum Gasteiger partial charge on any atom is 0.135 e. The van der Waals surface area contributed by atoms with Gasteiger partial charge in [-0.3, -0.25) is 0 Å². The van der Waals surface area contributed by atoms with E-state index in [9.17, 15) is 0 Å². The third-order valence-corrected chi connectivity index (χ3v) is 8.81. The van der Waals surface area contributed by atoms with Gasteiger partial charge in [0.15, 0.2) is 0 Å². The third-order valence-electron chi connectivity index (χ3n) is 8.81. The molecule has 8 aromatic carbocycles. The molecule has 0 fully saturated rings. The van der Waals surface area contributed by atoms with Crippen molar-refractivity contribution in [3.8, 4) is 11.1 Å². The molecule has 0 atom stereocenters. The molecule has 0 aliphatic heterocycles. The van der Waals surface area contributed by atoms with Crippen LogP contribution in [0.25, 0.3) is 65.4 Å². The molecule has 0 radical (unpaired) electrons. The van der Waals surface area contributed by atoms with Crippen LogP contribution in [-0.4, -0.2) is 0 Å². The SMILES string of the molecule is c1ccc2cc(N(c3ccc(-c4ccc5oc6ccccc6c5c4)cc3)c3cccc4ccc5ccccc5c34)ccc2c1. The monoisotopic (exact) mass is 561 g/mol. The van der Waals surface area contributed by atoms with Crippen molar-refractivity contribution in [1.29, 1.82) is 0 Å². The number of benzene rings is 8. The molecule has 44 heavy (non-hydrogen) atoms. The molecule has 0 saturated heterocycles. The normalized spacial score (nSPS) is 11.6. The van der Waals surface area contributed by atoms with E-state index in [0.717, 1.165) is 39.0 Å². The van der Waals surface area contributed by atoms with E-state index in [1.54, 1.807) is 0 Å². The minimum atomic E-state index is 0.914. The molecule has 2 nitrogen and oxygen atoms in total. The number of rotatable bonds is 4. The van der Waals surface area contributed by atoms with E-state index in [1.165, 1.54) is 43.4 Å². The Hall–Kier alpha value is -5.86. The maximum absolute atomic E-state index is 6.08. The molecule has 9 aromatic rings. The van der Waals surface area contributed by atoms with Crippen LogP contribution in [-0.2, 0) is 0 Å². The molecule has 0 amide bonds. The fourth-order valence-electron chi connectivity index (χ4n) is 6.68. The van der Waals surface area contributed by atoms with E-state index in [4.69, 9.17) is 4.42 Å². The van der Waals surface area contributed by atoms with E-state index < -0.39 is 0 Å². The van der Waals surface area contributed by atoms with Crippen LogP contribution in [0.3, 0.4) is 0 Å². The lowest BCUT2D eigenvalue weighted by Gasteiger charge is -2.28. The largest absolute Gasteiger partial charge is 0.456 e. The lowest BCUT2D eigenvalue weighted by atomic mass is 9.98. The van der Waals surface area contributed by atoms with Gasteiger partial charge in [-0.25, -0.2) is 0 Å². The highest BCUT2D eigenvalue weighted by atomic mass is 16.3. The Morgan fingerprint density at radius 2 is 1.00 bits per heavy atom. The highest BCUT2D eigenvalue weighted by Crippen LogP contribution is 2.43. The Labute approximate surface area is 255 Å². The molecule has 1 heterocycles. The molecule has 2 heteroatoms. The van der Waals surface area contributed by atoms with Crippen LogP contribution in [0.5, 0.6) is 0 Å². The molecule has 9 rings (SSSR count). The zero-order valence-corrected chi connectivity index (χ0v) is 23.9. The minimum Gasteiger partial charge on any atom is -0.456 e. The second-order valence-electron chi connectivity index (χ2n) is 11.4. The van der Waals surface area contributed by atoms with Crippen molar-refractivity contribution in [3.63, 3.8) is 0 Å². The average Bonchev–Trinajstić information content (AvgIpc) is 3.47. The summed E-state index contributed by atoms with van der Waals surface area (Å²) in [5.41, 5.74) is 7.57. The van der Waals surface area contributed by atoms with E-state index in [-0.39, 0.29) is 0 Å². The van der Waals surface area contributed by atoms with E-state index >= 15 is 0 Å². The second-order valence-corrected chi connectivity index (χ2v) is 11.4. The molecule has 0 N–H and O–H groups in total. The van der Waals surface area contributed by atoms with Crippen LogP contribution in [0.1, 0.15) is 0 Å². The quantitative estimate of drug-likeness (QED) is 0.199. The summed E-state index contributed by atoms with van der Waals surface area (Å²) in [6.07, 6.45) is 0. The predicted molar refractivity (Wildman–Crippen MR) is 186 cm³/mol. The van der Waals surface area contributed by atoms with Gasteiger partial charge in [-0.1, -0.05) is 115 Å². The average molecular weight is 562 g/mol. The number of anilines is 3. The zero-order chi connectivity index (χ0) is 29.0. The van der Waals surface area contributed by atoms with Crippen LogP contribution in [0.4, 0.5) is 17.1 Å². The van der Waals surface area contributed by atoms with E-state index in [0.29, 0.717) is 0 Å². The van der Waals surface area contributed by atoms with Crippen molar-refractivity contribution >= 4 is 71.3 Å². The fourth-order valence-corrected chi connectivity index (χ4v) is 6.68. The summed E-state index contributed by atoms with van der Waals surface area (Å²) in [5, 5.41) is 9.71. The Balaban J connectivity index is 1.23. The summed E-state index contributed by atoms with van der Waals surface area (Å²) in [7, 11) is 0. The first-order valence-electron chi connectivity index (χ1n) is 15.0. The Morgan fingerprint density at radius 3 is 1.89 bits per heavy atom. The molecule has 1 aromatic heterocycles. The van der Waals surface area contributed by atoms with Gasteiger partial charge in [0.05, 0.1) is 5.69 Å². The van der Waals surface area contributed by atoms with Gasteiger partial charge in [-0.15, -0.1) is 0 Å². The first kappa shape index (κ1) is 24.7. The van der Waals surface area contributed by atoms with Crippen molar-refractivity contribution in [2.24, 2.45) is 0 Å². The van der Waals surface area contributed by atoms with Gasteiger partial charge < -0.3 is 9.32 Å². The minimum absolute atomic E-state index is 0.914. The fraction of sp³-hybridized carbons (Fsp3) is 0. The number of furan rings is 1. The Kier molecular flexibility index (Phi) is 5.54. The van der Waals surface area contributed by atoms with Gasteiger partial charge in [0.25, 0.3) is 0 Å². The van der Waals surface area contributed by atoms with Gasteiger partial charge in [-0.05, 0) is 86.6 Å². The zero-order valence-electron chi connectivity index (χ0n) is 23.9. The van der Waals surface area contributed by atoms with Crippen molar-refractivity contribution in [3.05, 3.63) is 164 Å². The second kappa shape index (κ2) is 9.86. The molecule has 0 aliphatic rings. The summed E-state index contributed by atoms with van der Waals surface area (Å²) in [6.45, 7) is 0. The smallest absolute Gasteiger partial charge is 0.135 e. The molecular formula is C42H27NO. The third kappa shape index (κ3) is 3.96. The number of fused-ring (bicyclic) bond motifs is 7. The molecule has 206 valence electrons. The highest BCUT2D eigenvalue weighted by molar-refractivity contribution is 6.15. The summed E-state index contributed by atoms with van der Waals surface area (Å²) in [6, 6.07) is 58.7. The highest BCUT2D eigenvalue weighted by Gasteiger charge is 2.18. The van der Waals surface area contributed by atoms with Crippen LogP contribution in [0.2, 0.25) is 0 Å². The van der Waals surface area contributed by atoms with Gasteiger partial charge in [0.2, 0.25) is 0 Å². The first-order chi connectivity index (χ1) is 21.8. The molecule has 0 saturated carbocycles. The van der Waals surface area contributed by atoms with Gasteiger partial charge in [0, 0.05) is 27.5 Å². The van der Waals surface area contributed by atoms with Crippen LogP contribution < -0.4 is 4.90 Å². The number of hydrogen-bond acceptors (Lipinski definition) is 2. The predicted octanol–water partition coefficient (Wildman–Crippen LogP) is 12.2. The number of para-hydroxylation sites is 1. The maximum atomic E-state index is 6.08. The van der Waals surface area contributed by atoms with Crippen LogP contribution in [0, 0.1) is 0 Å². The van der Waals surface area contributed by atoms with E-state index in [1.807, 2.05) is 12.1 Å². The molecule has 0 bridgehead atoms. The summed E-state index contributed by atoms with van der Waals surface area (Å²) in [5.74, 6) is 0. The lowest BCUT2D eigenvalue weighted by molar-refractivity contribution is 0.669. The molecule has 0 aliphatic carbocycles. The first-order valence-corrected chi connectivity index (χ1v) is 15.0. The summed E-state index contributed by atoms with van der Waals surface area (Å²) < 4.78 is 6.08. The van der Waals surface area contributed by atoms with Crippen molar-refractivity contribution in [2.75, 3.05) is 4.90 Å².